The maximum atomic E-state index is 13.3. The number of benzene rings is 1. The number of primary amides is 1. The standard InChI is InChI=1S/C13H19FN2O2/c1-3-13(2,8-17)7-16-9-4-5-11(14)10(6-9)12(15)18/h4-6,16-17H,3,7-8H2,1-2H3,(H2,15,18). The number of carbonyl (C=O) groups excluding carboxylic acids is 1. The van der Waals surface area contributed by atoms with E-state index in [0.29, 0.717) is 12.2 Å². The summed E-state index contributed by atoms with van der Waals surface area (Å²) in [7, 11) is 0. The number of nitrogens with one attached hydrogen (secondary N) is 1. The smallest absolute Gasteiger partial charge is 0.251 e. The fourth-order valence-electron chi connectivity index (χ4n) is 1.43. The molecule has 0 spiro atoms. The average Bonchev–Trinajstić information content (AvgIpc) is 2.37. The summed E-state index contributed by atoms with van der Waals surface area (Å²) in [6, 6.07) is 4.12. The van der Waals surface area contributed by atoms with Gasteiger partial charge in [0.1, 0.15) is 5.82 Å². The van der Waals surface area contributed by atoms with Gasteiger partial charge < -0.3 is 16.2 Å². The Hall–Kier alpha value is -1.62. The zero-order valence-electron chi connectivity index (χ0n) is 10.7. The number of carbonyl (C=O) groups is 1. The van der Waals surface area contributed by atoms with Gasteiger partial charge >= 0.3 is 0 Å². The Balaban J connectivity index is 2.80. The molecule has 4 N–H and O–H groups in total. The number of hydrogen-bond acceptors (Lipinski definition) is 3. The largest absolute Gasteiger partial charge is 0.396 e. The van der Waals surface area contributed by atoms with E-state index < -0.39 is 11.7 Å². The van der Waals surface area contributed by atoms with E-state index in [1.54, 1.807) is 0 Å². The molecule has 0 radical (unpaired) electrons. The van der Waals surface area contributed by atoms with E-state index in [9.17, 15) is 14.3 Å². The normalized spacial score (nSPS) is 14.0. The van der Waals surface area contributed by atoms with Gasteiger partial charge in [0.2, 0.25) is 0 Å². The van der Waals surface area contributed by atoms with Crippen LogP contribution in [0.3, 0.4) is 0 Å². The lowest BCUT2D eigenvalue weighted by atomic mass is 9.88. The molecule has 18 heavy (non-hydrogen) atoms. The number of halogens is 1. The molecular formula is C13H19FN2O2. The summed E-state index contributed by atoms with van der Waals surface area (Å²) in [5.41, 5.74) is 5.30. The van der Waals surface area contributed by atoms with Crippen molar-refractivity contribution < 1.29 is 14.3 Å². The maximum Gasteiger partial charge on any atom is 0.251 e. The predicted molar refractivity (Wildman–Crippen MR) is 68.9 cm³/mol. The van der Waals surface area contributed by atoms with E-state index >= 15 is 0 Å². The molecule has 0 aliphatic rings. The lowest BCUT2D eigenvalue weighted by molar-refractivity contribution is 0.0996. The highest BCUT2D eigenvalue weighted by Gasteiger charge is 2.20. The lowest BCUT2D eigenvalue weighted by Crippen LogP contribution is -2.29. The third-order valence-corrected chi connectivity index (χ3v) is 3.19. The molecular weight excluding hydrogens is 235 g/mol. The molecule has 0 aliphatic carbocycles. The zero-order valence-corrected chi connectivity index (χ0v) is 10.7. The quantitative estimate of drug-likeness (QED) is 0.724. The number of nitrogens with two attached hydrogens (primary N) is 1. The highest BCUT2D eigenvalue weighted by Crippen LogP contribution is 2.22. The van der Waals surface area contributed by atoms with E-state index in [4.69, 9.17) is 5.73 Å². The number of aliphatic hydroxyl groups excluding tert-OH is 1. The van der Waals surface area contributed by atoms with Crippen molar-refractivity contribution in [2.24, 2.45) is 11.1 Å². The Morgan fingerprint density at radius 2 is 2.22 bits per heavy atom. The zero-order chi connectivity index (χ0) is 13.8. The van der Waals surface area contributed by atoms with Crippen LogP contribution in [0.2, 0.25) is 0 Å². The van der Waals surface area contributed by atoms with Crippen molar-refractivity contribution in [1.82, 2.24) is 0 Å². The van der Waals surface area contributed by atoms with Gasteiger partial charge in [-0.1, -0.05) is 13.8 Å². The first-order valence-corrected chi connectivity index (χ1v) is 5.86. The second-order valence-electron chi connectivity index (χ2n) is 4.73. The van der Waals surface area contributed by atoms with Crippen molar-refractivity contribution in [2.75, 3.05) is 18.5 Å². The molecule has 1 amide bonds. The Kier molecular flexibility index (Phi) is 4.67. The predicted octanol–water partition coefficient (Wildman–Crippen LogP) is 1.75. The van der Waals surface area contributed by atoms with Crippen LogP contribution in [0.15, 0.2) is 18.2 Å². The van der Waals surface area contributed by atoms with Gasteiger partial charge in [0.25, 0.3) is 5.91 Å². The third-order valence-electron chi connectivity index (χ3n) is 3.19. The Morgan fingerprint density at radius 1 is 1.56 bits per heavy atom. The highest BCUT2D eigenvalue weighted by molar-refractivity contribution is 5.94. The minimum atomic E-state index is -0.795. The van der Waals surface area contributed by atoms with Crippen molar-refractivity contribution in [3.63, 3.8) is 0 Å². The second kappa shape index (κ2) is 5.82. The minimum absolute atomic E-state index is 0.0559. The van der Waals surface area contributed by atoms with E-state index in [0.717, 1.165) is 6.42 Å². The summed E-state index contributed by atoms with van der Waals surface area (Å²) < 4.78 is 13.3. The molecule has 0 saturated heterocycles. The summed E-state index contributed by atoms with van der Waals surface area (Å²) in [6.07, 6.45) is 0.806. The number of aliphatic hydroxyl groups is 1. The molecule has 4 nitrogen and oxygen atoms in total. The van der Waals surface area contributed by atoms with Crippen molar-refractivity contribution in [1.29, 1.82) is 0 Å². The molecule has 0 heterocycles. The van der Waals surface area contributed by atoms with Gasteiger partial charge in [-0.15, -0.1) is 0 Å². The number of amides is 1. The lowest BCUT2D eigenvalue weighted by Gasteiger charge is -2.26. The van der Waals surface area contributed by atoms with E-state index in [1.807, 2.05) is 13.8 Å². The van der Waals surface area contributed by atoms with Gasteiger partial charge in [-0.2, -0.15) is 0 Å². The summed E-state index contributed by atoms with van der Waals surface area (Å²) >= 11 is 0. The van der Waals surface area contributed by atoms with Crippen molar-refractivity contribution in [3.05, 3.63) is 29.6 Å². The van der Waals surface area contributed by atoms with Crippen molar-refractivity contribution >= 4 is 11.6 Å². The van der Waals surface area contributed by atoms with Crippen LogP contribution >= 0.6 is 0 Å². The van der Waals surface area contributed by atoms with Crippen molar-refractivity contribution in [2.45, 2.75) is 20.3 Å². The van der Waals surface area contributed by atoms with E-state index in [2.05, 4.69) is 5.32 Å². The molecule has 1 atom stereocenters. The molecule has 100 valence electrons. The van der Waals surface area contributed by atoms with Crippen LogP contribution in [0.25, 0.3) is 0 Å². The summed E-state index contributed by atoms with van der Waals surface area (Å²) in [5.74, 6) is -1.43. The number of rotatable bonds is 6. The average molecular weight is 254 g/mol. The van der Waals surface area contributed by atoms with Crippen LogP contribution in [0.4, 0.5) is 10.1 Å². The van der Waals surface area contributed by atoms with Crippen LogP contribution < -0.4 is 11.1 Å². The second-order valence-corrected chi connectivity index (χ2v) is 4.73. The Morgan fingerprint density at radius 3 is 2.72 bits per heavy atom. The molecule has 1 aromatic rings. The highest BCUT2D eigenvalue weighted by atomic mass is 19.1. The van der Waals surface area contributed by atoms with Crippen LogP contribution in [0, 0.1) is 11.2 Å². The molecule has 5 heteroatoms. The van der Waals surface area contributed by atoms with Gasteiger partial charge in [0, 0.05) is 17.6 Å². The van der Waals surface area contributed by atoms with E-state index in [-0.39, 0.29) is 17.6 Å². The van der Waals surface area contributed by atoms with Crippen LogP contribution in [-0.4, -0.2) is 24.2 Å². The molecule has 1 unspecified atom stereocenters. The molecule has 1 aromatic carbocycles. The first-order chi connectivity index (χ1) is 8.41. The van der Waals surface area contributed by atoms with Gasteiger partial charge in [-0.25, -0.2) is 4.39 Å². The molecule has 0 bridgehead atoms. The number of anilines is 1. The summed E-state index contributed by atoms with van der Waals surface area (Å²) in [6.45, 7) is 4.51. The fraction of sp³-hybridized carbons (Fsp3) is 0.462. The molecule has 0 aliphatic heterocycles. The van der Waals surface area contributed by atoms with Crippen LogP contribution in [0.1, 0.15) is 30.6 Å². The Bertz CT molecular complexity index is 431. The van der Waals surface area contributed by atoms with Gasteiger partial charge in [0.15, 0.2) is 0 Å². The van der Waals surface area contributed by atoms with Crippen molar-refractivity contribution in [3.8, 4) is 0 Å². The summed E-state index contributed by atoms with van der Waals surface area (Å²) in [4.78, 5) is 11.0. The fourth-order valence-corrected chi connectivity index (χ4v) is 1.43. The first kappa shape index (κ1) is 14.4. The van der Waals surface area contributed by atoms with E-state index in [1.165, 1.54) is 18.2 Å². The molecule has 0 aromatic heterocycles. The summed E-state index contributed by atoms with van der Waals surface area (Å²) in [5, 5.41) is 12.4. The van der Waals surface area contributed by atoms with Crippen LogP contribution in [0.5, 0.6) is 0 Å². The monoisotopic (exact) mass is 254 g/mol. The SMILES string of the molecule is CCC(C)(CO)CNc1ccc(F)c(C(N)=O)c1. The molecule has 1 rings (SSSR count). The Labute approximate surface area is 106 Å². The van der Waals surface area contributed by atoms with Crippen LogP contribution in [-0.2, 0) is 0 Å². The minimum Gasteiger partial charge on any atom is -0.396 e. The third kappa shape index (κ3) is 3.43. The van der Waals surface area contributed by atoms with Gasteiger partial charge in [-0.05, 0) is 24.6 Å². The first-order valence-electron chi connectivity index (χ1n) is 5.86. The number of hydrogen-bond donors (Lipinski definition) is 3. The maximum absolute atomic E-state index is 13.3. The molecule has 0 fully saturated rings. The topological polar surface area (TPSA) is 75.3 Å². The molecule has 0 saturated carbocycles. The van der Waals surface area contributed by atoms with Gasteiger partial charge in [-0.3, -0.25) is 4.79 Å². The van der Waals surface area contributed by atoms with Gasteiger partial charge in [0.05, 0.1) is 12.2 Å².